The normalized spacial score (nSPS) is 14.0. The molecule has 0 heterocycles. The Bertz CT molecular complexity index is 744. The van der Waals surface area contributed by atoms with E-state index in [1.165, 1.54) is 12.1 Å². The first-order valence-corrected chi connectivity index (χ1v) is 8.06. The third-order valence-corrected chi connectivity index (χ3v) is 4.20. The van der Waals surface area contributed by atoms with Gasteiger partial charge in [0.05, 0.1) is 6.54 Å². The van der Waals surface area contributed by atoms with E-state index < -0.39 is 0 Å². The van der Waals surface area contributed by atoms with Crippen molar-refractivity contribution >= 4 is 11.6 Å². The third-order valence-electron chi connectivity index (χ3n) is 4.20. The number of amides is 1. The lowest BCUT2D eigenvalue weighted by atomic mass is 10.2. The molecule has 1 aliphatic carbocycles. The third kappa shape index (κ3) is 4.17. The molecule has 2 aromatic rings. The molecular formula is C19H20F2N2O. The van der Waals surface area contributed by atoms with Crippen LogP contribution in [0.15, 0.2) is 42.5 Å². The maximum Gasteiger partial charge on any atom is 0.238 e. The molecule has 3 rings (SSSR count). The van der Waals surface area contributed by atoms with Crippen molar-refractivity contribution in [2.45, 2.75) is 32.4 Å². The zero-order chi connectivity index (χ0) is 17.1. The molecule has 1 N–H and O–H groups in total. The van der Waals surface area contributed by atoms with Gasteiger partial charge in [-0.3, -0.25) is 9.69 Å². The molecule has 0 unspecified atom stereocenters. The van der Waals surface area contributed by atoms with Crippen LogP contribution in [-0.4, -0.2) is 23.4 Å². The maximum absolute atomic E-state index is 13.8. The van der Waals surface area contributed by atoms with Gasteiger partial charge in [0.2, 0.25) is 5.91 Å². The highest BCUT2D eigenvalue weighted by Gasteiger charge is 2.30. The summed E-state index contributed by atoms with van der Waals surface area (Å²) in [5.74, 6) is -0.830. The van der Waals surface area contributed by atoms with Gasteiger partial charge in [-0.05, 0) is 43.5 Å². The summed E-state index contributed by atoms with van der Waals surface area (Å²) in [6, 6.07) is 11.5. The highest BCUT2D eigenvalue weighted by molar-refractivity contribution is 5.92. The van der Waals surface area contributed by atoms with Gasteiger partial charge < -0.3 is 5.32 Å². The van der Waals surface area contributed by atoms with E-state index in [0.29, 0.717) is 29.4 Å². The molecule has 1 aliphatic rings. The number of nitrogens with zero attached hydrogens (tertiary/aromatic N) is 1. The average Bonchev–Trinajstić information content (AvgIpc) is 3.37. The molecule has 126 valence electrons. The van der Waals surface area contributed by atoms with Crippen LogP contribution >= 0.6 is 0 Å². The Morgan fingerprint density at radius 1 is 1.17 bits per heavy atom. The van der Waals surface area contributed by atoms with E-state index in [1.807, 2.05) is 4.90 Å². The molecule has 0 atom stereocenters. The molecule has 0 bridgehead atoms. The number of carbonyl (C=O) groups excluding carboxylic acids is 1. The largest absolute Gasteiger partial charge is 0.325 e. The van der Waals surface area contributed by atoms with Crippen LogP contribution in [0.5, 0.6) is 0 Å². The first-order chi connectivity index (χ1) is 11.5. The van der Waals surface area contributed by atoms with Crippen LogP contribution in [0.3, 0.4) is 0 Å². The molecule has 1 fully saturated rings. The number of aryl methyl sites for hydroxylation is 1. The Morgan fingerprint density at radius 2 is 1.92 bits per heavy atom. The van der Waals surface area contributed by atoms with Crippen LogP contribution in [0.2, 0.25) is 0 Å². The Hall–Kier alpha value is -2.27. The highest BCUT2D eigenvalue weighted by Crippen LogP contribution is 2.28. The van der Waals surface area contributed by atoms with E-state index in [0.717, 1.165) is 12.8 Å². The van der Waals surface area contributed by atoms with Crippen LogP contribution < -0.4 is 5.32 Å². The minimum atomic E-state index is -0.349. The van der Waals surface area contributed by atoms with Crippen LogP contribution in [0, 0.1) is 18.6 Å². The summed E-state index contributed by atoms with van der Waals surface area (Å²) in [4.78, 5) is 14.2. The number of carbonyl (C=O) groups is 1. The summed E-state index contributed by atoms with van der Waals surface area (Å²) >= 11 is 0. The van der Waals surface area contributed by atoms with Crippen molar-refractivity contribution in [3.05, 3.63) is 65.2 Å². The van der Waals surface area contributed by atoms with Crippen molar-refractivity contribution in [2.75, 3.05) is 11.9 Å². The lowest BCUT2D eigenvalue weighted by Crippen LogP contribution is -2.34. The van der Waals surface area contributed by atoms with E-state index in [2.05, 4.69) is 5.32 Å². The van der Waals surface area contributed by atoms with Crippen molar-refractivity contribution in [1.82, 2.24) is 4.90 Å². The molecule has 0 saturated heterocycles. The second-order valence-electron chi connectivity index (χ2n) is 6.24. The van der Waals surface area contributed by atoms with E-state index in [4.69, 9.17) is 0 Å². The Kier molecular flexibility index (Phi) is 4.90. The summed E-state index contributed by atoms with van der Waals surface area (Å²) in [5, 5.41) is 2.71. The van der Waals surface area contributed by atoms with Gasteiger partial charge in [-0.15, -0.1) is 0 Å². The monoisotopic (exact) mass is 330 g/mol. The van der Waals surface area contributed by atoms with Crippen LogP contribution in [0.4, 0.5) is 14.5 Å². The number of anilines is 1. The van der Waals surface area contributed by atoms with Gasteiger partial charge in [0.1, 0.15) is 11.6 Å². The number of rotatable bonds is 6. The smallest absolute Gasteiger partial charge is 0.238 e. The van der Waals surface area contributed by atoms with Gasteiger partial charge >= 0.3 is 0 Å². The van der Waals surface area contributed by atoms with Crippen molar-refractivity contribution in [3.8, 4) is 0 Å². The lowest BCUT2D eigenvalue weighted by Gasteiger charge is -2.21. The fourth-order valence-corrected chi connectivity index (χ4v) is 2.65. The van der Waals surface area contributed by atoms with Gasteiger partial charge in [0.15, 0.2) is 0 Å². The highest BCUT2D eigenvalue weighted by atomic mass is 19.1. The molecule has 5 heteroatoms. The van der Waals surface area contributed by atoms with Gasteiger partial charge in [0.25, 0.3) is 0 Å². The quantitative estimate of drug-likeness (QED) is 0.872. The molecule has 0 spiro atoms. The predicted molar refractivity (Wildman–Crippen MR) is 89.6 cm³/mol. The maximum atomic E-state index is 13.8. The van der Waals surface area contributed by atoms with Gasteiger partial charge in [-0.25, -0.2) is 8.78 Å². The van der Waals surface area contributed by atoms with Crippen LogP contribution in [-0.2, 0) is 11.3 Å². The average molecular weight is 330 g/mol. The van der Waals surface area contributed by atoms with Gasteiger partial charge in [-0.1, -0.05) is 24.3 Å². The first kappa shape index (κ1) is 16.6. The van der Waals surface area contributed by atoms with Crippen molar-refractivity contribution in [1.29, 1.82) is 0 Å². The molecule has 2 aromatic carbocycles. The molecule has 24 heavy (non-hydrogen) atoms. The SMILES string of the molecule is Cc1ccc(NC(=O)CN(Cc2ccccc2F)C2CC2)cc1F. The fourth-order valence-electron chi connectivity index (χ4n) is 2.65. The van der Waals surface area contributed by atoms with Crippen molar-refractivity contribution in [2.24, 2.45) is 0 Å². The minimum absolute atomic E-state index is 0.161. The summed E-state index contributed by atoms with van der Waals surface area (Å²) in [7, 11) is 0. The second-order valence-corrected chi connectivity index (χ2v) is 6.24. The molecular weight excluding hydrogens is 310 g/mol. The Morgan fingerprint density at radius 3 is 2.58 bits per heavy atom. The zero-order valence-electron chi connectivity index (χ0n) is 13.6. The molecule has 1 amide bonds. The van der Waals surface area contributed by atoms with Crippen molar-refractivity contribution in [3.63, 3.8) is 0 Å². The standard InChI is InChI=1S/C19H20F2N2O/c1-13-6-7-15(10-18(13)21)22-19(24)12-23(16-8-9-16)11-14-4-2-3-5-17(14)20/h2-7,10,16H,8-9,11-12H2,1H3,(H,22,24). The Labute approximate surface area is 140 Å². The first-order valence-electron chi connectivity index (χ1n) is 8.06. The predicted octanol–water partition coefficient (Wildman–Crippen LogP) is 3.88. The van der Waals surface area contributed by atoms with Crippen molar-refractivity contribution < 1.29 is 13.6 Å². The number of halogens is 2. The fraction of sp³-hybridized carbons (Fsp3) is 0.316. The number of hydrogen-bond donors (Lipinski definition) is 1. The number of benzene rings is 2. The zero-order valence-corrected chi connectivity index (χ0v) is 13.6. The summed E-state index contributed by atoms with van der Waals surface area (Å²) in [6.45, 7) is 2.23. The molecule has 0 radical (unpaired) electrons. The van der Waals surface area contributed by atoms with Gasteiger partial charge in [0, 0.05) is 23.8 Å². The molecule has 0 aromatic heterocycles. The van der Waals surface area contributed by atoms with Gasteiger partial charge in [-0.2, -0.15) is 0 Å². The second kappa shape index (κ2) is 7.09. The molecule has 0 aliphatic heterocycles. The van der Waals surface area contributed by atoms with E-state index >= 15 is 0 Å². The summed E-state index contributed by atoms with van der Waals surface area (Å²) in [6.07, 6.45) is 2.03. The van der Waals surface area contributed by atoms with E-state index in [9.17, 15) is 13.6 Å². The minimum Gasteiger partial charge on any atom is -0.325 e. The molecule has 1 saturated carbocycles. The topological polar surface area (TPSA) is 32.3 Å². The molecule has 3 nitrogen and oxygen atoms in total. The number of nitrogens with one attached hydrogen (secondary N) is 1. The lowest BCUT2D eigenvalue weighted by molar-refractivity contribution is -0.117. The van der Waals surface area contributed by atoms with Crippen LogP contribution in [0.25, 0.3) is 0 Å². The van der Waals surface area contributed by atoms with E-state index in [-0.39, 0.29) is 24.1 Å². The summed E-state index contributed by atoms with van der Waals surface area (Å²) < 4.78 is 27.4. The van der Waals surface area contributed by atoms with E-state index in [1.54, 1.807) is 37.3 Å². The van der Waals surface area contributed by atoms with Crippen LogP contribution in [0.1, 0.15) is 24.0 Å². The number of hydrogen-bond acceptors (Lipinski definition) is 2. The summed E-state index contributed by atoms with van der Waals surface area (Å²) in [5.41, 5.74) is 1.55. The Balaban J connectivity index is 1.64.